The summed E-state index contributed by atoms with van der Waals surface area (Å²) < 4.78 is 11.3. The summed E-state index contributed by atoms with van der Waals surface area (Å²) in [4.78, 5) is 13.0. The molecular weight excluding hydrogens is 875 g/mol. The van der Waals surface area contributed by atoms with E-state index in [9.17, 15) is 30.3 Å². The zero-order chi connectivity index (χ0) is 50.8. The molecule has 1 heterocycles. The van der Waals surface area contributed by atoms with E-state index in [0.29, 0.717) is 12.8 Å². The first-order valence-corrected chi connectivity index (χ1v) is 29.1. The number of allylic oxidation sites excluding steroid dienone is 12. The summed E-state index contributed by atoms with van der Waals surface area (Å²) in [7, 11) is 0. The van der Waals surface area contributed by atoms with Gasteiger partial charge in [0.2, 0.25) is 5.91 Å². The molecule has 1 fully saturated rings. The Kier molecular flexibility index (Phi) is 47.1. The minimum Gasteiger partial charge on any atom is -0.394 e. The summed E-state index contributed by atoms with van der Waals surface area (Å²) >= 11 is 0. The van der Waals surface area contributed by atoms with Crippen LogP contribution in [0.1, 0.15) is 251 Å². The first kappa shape index (κ1) is 65.6. The van der Waals surface area contributed by atoms with Crippen LogP contribution in [0.5, 0.6) is 0 Å². The second kappa shape index (κ2) is 50.2. The summed E-state index contributed by atoms with van der Waals surface area (Å²) in [6.45, 7) is 3.70. The zero-order valence-electron chi connectivity index (χ0n) is 45.0. The second-order valence-electron chi connectivity index (χ2n) is 20.1. The van der Waals surface area contributed by atoms with E-state index in [1.54, 1.807) is 0 Å². The van der Waals surface area contributed by atoms with Gasteiger partial charge in [0.05, 0.1) is 25.4 Å². The lowest BCUT2D eigenvalue weighted by Crippen LogP contribution is -2.60. The van der Waals surface area contributed by atoms with E-state index >= 15 is 0 Å². The van der Waals surface area contributed by atoms with E-state index in [4.69, 9.17) is 9.47 Å². The van der Waals surface area contributed by atoms with Crippen LogP contribution in [-0.2, 0) is 14.3 Å². The highest BCUT2D eigenvalue weighted by Crippen LogP contribution is 2.23. The molecule has 1 amide bonds. The van der Waals surface area contributed by atoms with Crippen LogP contribution in [0.15, 0.2) is 72.9 Å². The van der Waals surface area contributed by atoms with Crippen molar-refractivity contribution in [3.63, 3.8) is 0 Å². The average Bonchev–Trinajstić information content (AvgIpc) is 3.36. The highest BCUT2D eigenvalue weighted by atomic mass is 16.7. The number of aliphatic hydroxyl groups excluding tert-OH is 5. The van der Waals surface area contributed by atoms with Crippen LogP contribution in [0.3, 0.4) is 0 Å². The maximum absolute atomic E-state index is 13.0. The molecule has 0 radical (unpaired) electrons. The number of nitrogens with one attached hydrogen (secondary N) is 1. The monoisotopic (exact) mass is 984 g/mol. The lowest BCUT2D eigenvalue weighted by Gasteiger charge is -2.40. The summed E-state index contributed by atoms with van der Waals surface area (Å²) in [6.07, 6.45) is 62.4. The number of amides is 1. The first-order valence-electron chi connectivity index (χ1n) is 29.1. The van der Waals surface area contributed by atoms with Crippen LogP contribution < -0.4 is 5.32 Å². The van der Waals surface area contributed by atoms with Gasteiger partial charge in [-0.2, -0.15) is 0 Å². The molecule has 9 nitrogen and oxygen atoms in total. The molecule has 1 aliphatic rings. The number of hydrogen-bond donors (Lipinski definition) is 6. The molecule has 1 rings (SSSR count). The predicted molar refractivity (Wildman–Crippen MR) is 295 cm³/mol. The Morgan fingerprint density at radius 3 is 1.23 bits per heavy atom. The normalized spacial score (nSPS) is 19.9. The van der Waals surface area contributed by atoms with Crippen LogP contribution in [-0.4, -0.2) is 87.5 Å². The number of carbonyl (C=O) groups is 1. The molecule has 0 aromatic carbocycles. The fourth-order valence-corrected chi connectivity index (χ4v) is 9.01. The molecule has 1 saturated heterocycles. The molecule has 0 spiro atoms. The molecule has 6 N–H and O–H groups in total. The number of unbranched alkanes of at least 4 members (excludes halogenated alkanes) is 27. The highest BCUT2D eigenvalue weighted by molar-refractivity contribution is 5.76. The minimum absolute atomic E-state index is 0.172. The Balaban J connectivity index is 2.23. The van der Waals surface area contributed by atoms with Crippen molar-refractivity contribution in [2.24, 2.45) is 0 Å². The molecule has 0 saturated carbocycles. The topological polar surface area (TPSA) is 149 Å². The van der Waals surface area contributed by atoms with Gasteiger partial charge in [-0.25, -0.2) is 0 Å². The zero-order valence-corrected chi connectivity index (χ0v) is 45.0. The van der Waals surface area contributed by atoms with Crippen molar-refractivity contribution in [1.82, 2.24) is 5.32 Å². The second-order valence-corrected chi connectivity index (χ2v) is 20.1. The molecule has 0 bridgehead atoms. The summed E-state index contributed by atoms with van der Waals surface area (Å²) in [6, 6.07) is -0.765. The summed E-state index contributed by atoms with van der Waals surface area (Å²) in [5, 5.41) is 54.6. The Labute approximate surface area is 429 Å². The molecule has 406 valence electrons. The molecule has 70 heavy (non-hydrogen) atoms. The van der Waals surface area contributed by atoms with E-state index in [2.05, 4.69) is 79.9 Å². The third-order valence-electron chi connectivity index (χ3n) is 13.6. The van der Waals surface area contributed by atoms with Crippen molar-refractivity contribution in [1.29, 1.82) is 0 Å². The van der Waals surface area contributed by atoms with Crippen molar-refractivity contribution in [2.75, 3.05) is 13.2 Å². The van der Waals surface area contributed by atoms with Gasteiger partial charge < -0.3 is 40.3 Å². The maximum atomic E-state index is 13.0. The van der Waals surface area contributed by atoms with Crippen molar-refractivity contribution >= 4 is 5.91 Å². The third-order valence-corrected chi connectivity index (χ3v) is 13.6. The first-order chi connectivity index (χ1) is 34.3. The van der Waals surface area contributed by atoms with E-state index in [0.717, 1.165) is 57.8 Å². The van der Waals surface area contributed by atoms with Gasteiger partial charge in [-0.05, 0) is 51.4 Å². The lowest BCUT2D eigenvalue weighted by molar-refractivity contribution is -0.302. The molecule has 0 aromatic heterocycles. The molecule has 7 atom stereocenters. The van der Waals surface area contributed by atoms with Crippen LogP contribution in [0.2, 0.25) is 0 Å². The van der Waals surface area contributed by atoms with Crippen LogP contribution in [0, 0.1) is 0 Å². The van der Waals surface area contributed by atoms with E-state index in [1.807, 2.05) is 12.2 Å². The van der Waals surface area contributed by atoms with Gasteiger partial charge in [-0.1, -0.05) is 267 Å². The summed E-state index contributed by atoms with van der Waals surface area (Å²) in [5.41, 5.74) is 0. The largest absolute Gasteiger partial charge is 0.394 e. The third kappa shape index (κ3) is 39.2. The van der Waals surface area contributed by atoms with Crippen LogP contribution in [0.25, 0.3) is 0 Å². The van der Waals surface area contributed by atoms with Gasteiger partial charge in [0.25, 0.3) is 0 Å². The number of ether oxygens (including phenoxy) is 2. The SMILES string of the molecule is CC/C=C\C/C=C\C/C=C\C/C=C\C/C=C\C/C=C\CCC(=O)NC(COC1OC(CO)C(O)C(O)C1O)C(O)CCCCCCCCCCCCCCCCCCCCCCCCCCCCCC. The molecule has 1 aliphatic heterocycles. The van der Waals surface area contributed by atoms with E-state index in [1.165, 1.54) is 161 Å². The van der Waals surface area contributed by atoms with Gasteiger partial charge >= 0.3 is 0 Å². The van der Waals surface area contributed by atoms with Gasteiger partial charge in [0.1, 0.15) is 24.4 Å². The van der Waals surface area contributed by atoms with Crippen LogP contribution >= 0.6 is 0 Å². The number of aliphatic hydroxyl groups is 5. The van der Waals surface area contributed by atoms with Gasteiger partial charge in [-0.15, -0.1) is 0 Å². The fourth-order valence-electron chi connectivity index (χ4n) is 9.01. The molecular formula is C61H109NO8. The van der Waals surface area contributed by atoms with Gasteiger partial charge in [0.15, 0.2) is 6.29 Å². The van der Waals surface area contributed by atoms with Gasteiger partial charge in [-0.3, -0.25) is 4.79 Å². The van der Waals surface area contributed by atoms with Crippen LogP contribution in [0.4, 0.5) is 0 Å². The Morgan fingerprint density at radius 2 is 0.857 bits per heavy atom. The molecule has 7 unspecified atom stereocenters. The van der Waals surface area contributed by atoms with Gasteiger partial charge in [0, 0.05) is 6.42 Å². The maximum Gasteiger partial charge on any atom is 0.220 e. The van der Waals surface area contributed by atoms with E-state index < -0.39 is 49.5 Å². The van der Waals surface area contributed by atoms with Crippen molar-refractivity contribution in [2.45, 2.75) is 294 Å². The van der Waals surface area contributed by atoms with E-state index in [-0.39, 0.29) is 18.9 Å². The molecule has 0 aliphatic carbocycles. The summed E-state index contributed by atoms with van der Waals surface area (Å²) in [5.74, 6) is -0.226. The van der Waals surface area contributed by atoms with Crippen molar-refractivity contribution in [3.8, 4) is 0 Å². The minimum atomic E-state index is -1.57. The Hall–Kier alpha value is -2.37. The highest BCUT2D eigenvalue weighted by Gasteiger charge is 2.44. The average molecular weight is 985 g/mol. The fraction of sp³-hybridized carbons (Fsp3) is 0.787. The predicted octanol–water partition coefficient (Wildman–Crippen LogP) is 14.5. The quantitative estimate of drug-likeness (QED) is 0.0261. The Morgan fingerprint density at radius 1 is 0.500 bits per heavy atom. The number of rotatable bonds is 49. The number of hydrogen-bond acceptors (Lipinski definition) is 8. The smallest absolute Gasteiger partial charge is 0.220 e. The Bertz CT molecular complexity index is 1330. The molecule has 9 heteroatoms. The number of carbonyl (C=O) groups excluding carboxylic acids is 1. The standard InChI is InChI=1S/C61H109NO8/c1-3-5-7-9-11-13-15-17-19-21-23-24-25-26-27-28-29-30-31-33-34-36-38-40-42-44-46-48-50-55(64)54(53-69-61-60(68)59(67)58(66)56(52-63)70-61)62-57(65)51-49-47-45-43-41-39-37-35-32-22-20-18-16-14-12-10-8-6-4-2/h6,8,12,14,18,20,32,35,39,41,45,47,54-56,58-61,63-64,66-68H,3-5,7,9-11,13,15-17,19,21-31,33-34,36-38,40,42-44,46,48-53H2,1-2H3,(H,62,65)/b8-6-,14-12-,20-18-,35-32-,41-39-,47-45-. The lowest BCUT2D eigenvalue weighted by atomic mass is 9.99. The van der Waals surface area contributed by atoms with Crippen molar-refractivity contribution in [3.05, 3.63) is 72.9 Å². The van der Waals surface area contributed by atoms with Crippen molar-refractivity contribution < 1.29 is 39.8 Å². The molecule has 0 aromatic rings.